The van der Waals surface area contributed by atoms with Crippen molar-refractivity contribution in [3.63, 3.8) is 0 Å². The molecule has 1 N–H and O–H groups in total. The lowest BCUT2D eigenvalue weighted by Crippen LogP contribution is -2.47. The zero-order valence-corrected chi connectivity index (χ0v) is 17.8. The molecule has 7 heteroatoms. The van der Waals surface area contributed by atoms with Crippen molar-refractivity contribution < 1.29 is 9.53 Å². The molecule has 0 bridgehead atoms. The summed E-state index contributed by atoms with van der Waals surface area (Å²) in [7, 11) is 4.01. The van der Waals surface area contributed by atoms with Crippen LogP contribution < -0.4 is 10.1 Å². The lowest BCUT2D eigenvalue weighted by atomic mass is 9.91. The normalized spacial score (nSPS) is 22.6. The number of aryl methyl sites for hydroxylation is 1. The van der Waals surface area contributed by atoms with Gasteiger partial charge in [-0.3, -0.25) is 9.48 Å². The Bertz CT molecular complexity index is 874. The number of nitrogens with one attached hydrogen (secondary N) is 1. The van der Waals surface area contributed by atoms with E-state index in [9.17, 15) is 4.79 Å². The summed E-state index contributed by atoms with van der Waals surface area (Å²) in [6.07, 6.45) is 8.07. The van der Waals surface area contributed by atoms with Crippen molar-refractivity contribution in [3.8, 4) is 5.88 Å². The first-order valence-corrected chi connectivity index (χ1v) is 10.4. The Balaban J connectivity index is 1.40. The number of amides is 1. The third kappa shape index (κ3) is 4.45. The zero-order chi connectivity index (χ0) is 20.6. The molecule has 1 amide bonds. The molecule has 1 aliphatic carbocycles. The van der Waals surface area contributed by atoms with Crippen molar-refractivity contribution >= 4 is 5.91 Å². The van der Waals surface area contributed by atoms with Gasteiger partial charge in [-0.25, -0.2) is 4.98 Å². The summed E-state index contributed by atoms with van der Waals surface area (Å²) in [5.41, 5.74) is 1.68. The third-order valence-corrected chi connectivity index (χ3v) is 5.97. The van der Waals surface area contributed by atoms with Crippen LogP contribution in [0.2, 0.25) is 0 Å². The highest BCUT2D eigenvalue weighted by Gasteiger charge is 2.38. The highest BCUT2D eigenvalue weighted by molar-refractivity contribution is 5.82. The Morgan fingerprint density at radius 1 is 1.31 bits per heavy atom. The molecule has 3 heterocycles. The fraction of sp³-hybridized carbons (Fsp3) is 0.591. The maximum absolute atomic E-state index is 13.1. The van der Waals surface area contributed by atoms with Crippen molar-refractivity contribution in [2.45, 2.75) is 44.6 Å². The van der Waals surface area contributed by atoms with Gasteiger partial charge in [-0.2, -0.15) is 5.10 Å². The lowest BCUT2D eigenvalue weighted by molar-refractivity contribution is -0.131. The van der Waals surface area contributed by atoms with Crippen LogP contribution in [-0.4, -0.2) is 58.4 Å². The van der Waals surface area contributed by atoms with E-state index in [1.807, 2.05) is 44.0 Å². The molecule has 2 atom stereocenters. The van der Waals surface area contributed by atoms with E-state index in [4.69, 9.17) is 4.74 Å². The average Bonchev–Trinajstić information content (AvgIpc) is 3.34. The van der Waals surface area contributed by atoms with Gasteiger partial charge in [0.1, 0.15) is 6.61 Å². The Morgan fingerprint density at radius 3 is 2.79 bits per heavy atom. The number of nitrogens with zero attached hydrogens (tertiary/aromatic N) is 4. The smallest absolute Gasteiger partial charge is 0.229 e. The molecular weight excluding hydrogens is 366 g/mol. The van der Waals surface area contributed by atoms with Crippen LogP contribution in [0.15, 0.2) is 30.7 Å². The van der Waals surface area contributed by atoms with Crippen LogP contribution in [0.25, 0.3) is 0 Å². The molecule has 0 radical (unpaired) electrons. The fourth-order valence-electron chi connectivity index (χ4n) is 4.02. The Labute approximate surface area is 172 Å². The van der Waals surface area contributed by atoms with Crippen LogP contribution in [0.5, 0.6) is 5.88 Å². The molecule has 1 saturated heterocycles. The second kappa shape index (κ2) is 7.78. The van der Waals surface area contributed by atoms with E-state index in [0.29, 0.717) is 18.4 Å². The van der Waals surface area contributed by atoms with Gasteiger partial charge in [0, 0.05) is 50.1 Å². The minimum Gasteiger partial charge on any atom is -0.476 e. The van der Waals surface area contributed by atoms with Gasteiger partial charge >= 0.3 is 0 Å². The first-order valence-electron chi connectivity index (χ1n) is 10.4. The summed E-state index contributed by atoms with van der Waals surface area (Å²) in [6.45, 7) is 5.90. The van der Waals surface area contributed by atoms with Gasteiger partial charge in [0.05, 0.1) is 11.6 Å². The first kappa shape index (κ1) is 19.9. The molecule has 156 valence electrons. The quantitative estimate of drug-likeness (QED) is 0.776. The number of likely N-dealkylation sites (N-methyl/N-ethyl adjacent to an activating group) is 1. The number of likely N-dealkylation sites (tertiary alicyclic amines) is 1. The van der Waals surface area contributed by atoms with E-state index in [1.165, 1.54) is 18.4 Å². The van der Waals surface area contributed by atoms with Crippen molar-refractivity contribution in [2.75, 3.05) is 26.7 Å². The molecule has 2 aromatic heterocycles. The van der Waals surface area contributed by atoms with Crippen molar-refractivity contribution in [2.24, 2.45) is 12.5 Å². The van der Waals surface area contributed by atoms with Crippen molar-refractivity contribution in [3.05, 3.63) is 41.9 Å². The number of pyridine rings is 1. The molecular formula is C22H31N5O2. The van der Waals surface area contributed by atoms with Crippen LogP contribution in [0, 0.1) is 5.41 Å². The molecule has 0 unspecified atom stereocenters. The highest BCUT2D eigenvalue weighted by atomic mass is 16.5. The predicted molar refractivity (Wildman–Crippen MR) is 111 cm³/mol. The van der Waals surface area contributed by atoms with Gasteiger partial charge in [0.25, 0.3) is 0 Å². The van der Waals surface area contributed by atoms with Gasteiger partial charge in [-0.05, 0) is 51.3 Å². The number of rotatable bonds is 7. The number of hydrogen-bond acceptors (Lipinski definition) is 5. The molecule has 7 nitrogen and oxygen atoms in total. The Kier molecular flexibility index (Phi) is 5.34. The van der Waals surface area contributed by atoms with E-state index in [-0.39, 0.29) is 17.9 Å². The van der Waals surface area contributed by atoms with Crippen molar-refractivity contribution in [1.29, 1.82) is 0 Å². The molecule has 1 aliphatic heterocycles. The fourth-order valence-corrected chi connectivity index (χ4v) is 4.02. The minimum atomic E-state index is -0.654. The molecule has 0 spiro atoms. The van der Waals surface area contributed by atoms with Gasteiger partial charge in [0.2, 0.25) is 11.8 Å². The van der Waals surface area contributed by atoms with E-state index in [0.717, 1.165) is 18.7 Å². The van der Waals surface area contributed by atoms with Gasteiger partial charge < -0.3 is 15.0 Å². The number of hydrogen-bond donors (Lipinski definition) is 1. The lowest BCUT2D eigenvalue weighted by Gasteiger charge is -2.28. The number of carbonyl (C=O) groups excluding carboxylic acids is 1. The number of aromatic nitrogens is 3. The topological polar surface area (TPSA) is 72.3 Å². The minimum absolute atomic E-state index is 0.00981. The third-order valence-electron chi connectivity index (χ3n) is 5.97. The SMILES string of the molecule is CN1C[C@H](NC(=O)C(C)(C)COc2ncccc2C2CC2)[C@@H](c2cnn(C)c2)C1. The second-order valence-electron chi connectivity index (χ2n) is 9.20. The Hall–Kier alpha value is -2.41. The van der Waals surface area contributed by atoms with Crippen molar-refractivity contribution in [1.82, 2.24) is 25.0 Å². The molecule has 1 saturated carbocycles. The number of carbonyl (C=O) groups is 1. The maximum atomic E-state index is 13.1. The van der Waals surface area contributed by atoms with E-state index in [1.54, 1.807) is 6.20 Å². The standard InChI is InChI=1S/C22H31N5O2/c1-22(2,14-29-20-17(15-7-8-15)6-5-9-23-20)21(28)25-19-13-26(3)12-18(19)16-10-24-27(4)11-16/h5-6,9-11,15,18-19H,7-8,12-14H2,1-4H3,(H,25,28)/t18-,19+/m1/s1. The molecule has 2 aliphatic rings. The van der Waals surface area contributed by atoms with E-state index < -0.39 is 5.41 Å². The first-order chi connectivity index (χ1) is 13.8. The molecule has 29 heavy (non-hydrogen) atoms. The van der Waals surface area contributed by atoms with E-state index in [2.05, 4.69) is 33.4 Å². The van der Waals surface area contributed by atoms with Crippen LogP contribution >= 0.6 is 0 Å². The molecule has 0 aromatic carbocycles. The van der Waals surface area contributed by atoms with Gasteiger partial charge in [0.15, 0.2) is 0 Å². The van der Waals surface area contributed by atoms with E-state index >= 15 is 0 Å². The zero-order valence-electron chi connectivity index (χ0n) is 17.8. The Morgan fingerprint density at radius 2 is 2.10 bits per heavy atom. The predicted octanol–water partition coefficient (Wildman–Crippen LogP) is 2.31. The summed E-state index contributed by atoms with van der Waals surface area (Å²) >= 11 is 0. The maximum Gasteiger partial charge on any atom is 0.229 e. The summed E-state index contributed by atoms with van der Waals surface area (Å²) < 4.78 is 7.84. The highest BCUT2D eigenvalue weighted by Crippen LogP contribution is 2.43. The largest absolute Gasteiger partial charge is 0.476 e. The summed E-state index contributed by atoms with van der Waals surface area (Å²) in [5, 5.41) is 7.57. The van der Waals surface area contributed by atoms with Crippen LogP contribution in [0.3, 0.4) is 0 Å². The second-order valence-corrected chi connectivity index (χ2v) is 9.20. The average molecular weight is 398 g/mol. The molecule has 2 aromatic rings. The number of ether oxygens (including phenoxy) is 1. The van der Waals surface area contributed by atoms with Crippen LogP contribution in [0.4, 0.5) is 0 Å². The monoisotopic (exact) mass is 397 g/mol. The molecule has 4 rings (SSSR count). The summed E-state index contributed by atoms with van der Waals surface area (Å²) in [5.74, 6) is 1.48. The summed E-state index contributed by atoms with van der Waals surface area (Å²) in [4.78, 5) is 19.8. The summed E-state index contributed by atoms with van der Waals surface area (Å²) in [6, 6.07) is 4.10. The van der Waals surface area contributed by atoms with Gasteiger partial charge in [-0.15, -0.1) is 0 Å². The van der Waals surface area contributed by atoms with Crippen LogP contribution in [-0.2, 0) is 11.8 Å². The van der Waals surface area contributed by atoms with Gasteiger partial charge in [-0.1, -0.05) is 6.07 Å². The molecule has 2 fully saturated rings. The van der Waals surface area contributed by atoms with Crippen LogP contribution in [0.1, 0.15) is 49.7 Å².